The Morgan fingerprint density at radius 3 is 2.81 bits per heavy atom. The normalized spacial score (nSPS) is 17.1. The number of hydrogen-bond donors (Lipinski definition) is 0. The van der Waals surface area contributed by atoms with Gasteiger partial charge in [0, 0.05) is 30.2 Å². The van der Waals surface area contributed by atoms with Crippen molar-refractivity contribution in [1.29, 1.82) is 0 Å². The molecular weight excluding hydrogens is 354 g/mol. The Labute approximate surface area is 161 Å². The number of rotatable bonds is 3. The third-order valence-electron chi connectivity index (χ3n) is 5.17. The fourth-order valence-corrected chi connectivity index (χ4v) is 4.86. The molecular formula is C22H19N3OS. The van der Waals surface area contributed by atoms with Crippen LogP contribution in [-0.2, 0) is 13.0 Å². The minimum absolute atomic E-state index is 0.0277. The summed E-state index contributed by atoms with van der Waals surface area (Å²) in [6.07, 6.45) is 2.81. The first-order chi connectivity index (χ1) is 13.3. The van der Waals surface area contributed by atoms with Crippen molar-refractivity contribution in [3.05, 3.63) is 104 Å². The third kappa shape index (κ3) is 2.99. The standard InChI is InChI=1S/C22H19N3OS/c26-21-14-17(23-20-8-4-5-11-25(20)21)15-24-12-9-19-18(10-13-27-19)22(24)16-6-2-1-3-7-16/h1-8,10-11,13-14,22H,9,12,15H2/t22-/m1/s1. The molecule has 4 heterocycles. The van der Waals surface area contributed by atoms with Crippen molar-refractivity contribution in [3.63, 3.8) is 0 Å². The van der Waals surface area contributed by atoms with E-state index in [1.165, 1.54) is 16.0 Å². The third-order valence-corrected chi connectivity index (χ3v) is 6.17. The number of hydrogen-bond acceptors (Lipinski definition) is 4. The smallest absolute Gasteiger partial charge is 0.258 e. The second kappa shape index (κ2) is 6.76. The molecule has 1 atom stereocenters. The van der Waals surface area contributed by atoms with Gasteiger partial charge in [-0.25, -0.2) is 4.98 Å². The molecule has 4 nitrogen and oxygen atoms in total. The Hall–Kier alpha value is -2.76. The van der Waals surface area contributed by atoms with Gasteiger partial charge in [0.05, 0.1) is 11.7 Å². The van der Waals surface area contributed by atoms with E-state index in [1.807, 2.05) is 29.5 Å². The topological polar surface area (TPSA) is 37.6 Å². The molecule has 0 amide bonds. The molecule has 5 rings (SSSR count). The monoisotopic (exact) mass is 373 g/mol. The first kappa shape index (κ1) is 16.4. The van der Waals surface area contributed by atoms with Crippen LogP contribution in [0.4, 0.5) is 0 Å². The summed E-state index contributed by atoms with van der Waals surface area (Å²) in [6, 6.07) is 20.4. The Balaban J connectivity index is 1.55. The molecule has 0 spiro atoms. The van der Waals surface area contributed by atoms with Crippen molar-refractivity contribution in [2.24, 2.45) is 0 Å². The molecule has 0 saturated heterocycles. The predicted molar refractivity (Wildman–Crippen MR) is 108 cm³/mol. The van der Waals surface area contributed by atoms with E-state index in [1.54, 1.807) is 16.7 Å². The molecule has 0 bridgehead atoms. The maximum atomic E-state index is 12.5. The molecule has 4 aromatic rings. The number of nitrogens with zero attached hydrogens (tertiary/aromatic N) is 3. The highest BCUT2D eigenvalue weighted by Gasteiger charge is 2.29. The molecule has 0 unspecified atom stereocenters. The fourth-order valence-electron chi connectivity index (χ4n) is 3.96. The Kier molecular flexibility index (Phi) is 4.11. The molecule has 3 aromatic heterocycles. The van der Waals surface area contributed by atoms with Crippen molar-refractivity contribution >= 4 is 17.0 Å². The van der Waals surface area contributed by atoms with E-state index < -0.39 is 0 Å². The van der Waals surface area contributed by atoms with Gasteiger partial charge in [-0.15, -0.1) is 11.3 Å². The van der Waals surface area contributed by atoms with Crippen LogP contribution in [0, 0.1) is 0 Å². The quantitative estimate of drug-likeness (QED) is 0.547. The zero-order chi connectivity index (χ0) is 18.2. The van der Waals surface area contributed by atoms with Gasteiger partial charge in [0.1, 0.15) is 5.65 Å². The number of benzene rings is 1. The molecule has 1 aliphatic rings. The second-order valence-electron chi connectivity index (χ2n) is 6.85. The lowest BCUT2D eigenvalue weighted by Crippen LogP contribution is -2.35. The van der Waals surface area contributed by atoms with Gasteiger partial charge in [0.25, 0.3) is 5.56 Å². The zero-order valence-electron chi connectivity index (χ0n) is 14.8. The Morgan fingerprint density at radius 1 is 1.07 bits per heavy atom. The largest absolute Gasteiger partial charge is 0.286 e. The molecule has 0 N–H and O–H groups in total. The van der Waals surface area contributed by atoms with Crippen LogP contribution in [0.5, 0.6) is 0 Å². The van der Waals surface area contributed by atoms with Crippen LogP contribution in [0.1, 0.15) is 27.7 Å². The lowest BCUT2D eigenvalue weighted by Gasteiger charge is -2.36. The minimum atomic E-state index is -0.0277. The molecule has 1 aliphatic heterocycles. The Bertz CT molecular complexity index is 1150. The molecule has 0 saturated carbocycles. The summed E-state index contributed by atoms with van der Waals surface area (Å²) in [5.74, 6) is 0. The first-order valence-electron chi connectivity index (χ1n) is 9.12. The molecule has 5 heteroatoms. The van der Waals surface area contributed by atoms with Gasteiger partial charge in [0.2, 0.25) is 0 Å². The summed E-state index contributed by atoms with van der Waals surface area (Å²) in [4.78, 5) is 21.1. The van der Waals surface area contributed by atoms with Gasteiger partial charge in [-0.2, -0.15) is 0 Å². The number of pyridine rings is 1. The van der Waals surface area contributed by atoms with Crippen molar-refractivity contribution in [3.8, 4) is 0 Å². The maximum absolute atomic E-state index is 12.5. The van der Waals surface area contributed by atoms with Crippen LogP contribution in [0.25, 0.3) is 5.65 Å². The first-order valence-corrected chi connectivity index (χ1v) is 10.0. The van der Waals surface area contributed by atoms with E-state index in [9.17, 15) is 4.79 Å². The van der Waals surface area contributed by atoms with Crippen molar-refractivity contribution in [2.45, 2.75) is 19.0 Å². The average molecular weight is 373 g/mol. The van der Waals surface area contributed by atoms with E-state index in [2.05, 4.69) is 46.7 Å². The predicted octanol–water partition coefficient (Wildman–Crippen LogP) is 3.90. The second-order valence-corrected chi connectivity index (χ2v) is 7.85. The Morgan fingerprint density at radius 2 is 1.93 bits per heavy atom. The van der Waals surface area contributed by atoms with E-state index in [0.29, 0.717) is 12.2 Å². The average Bonchev–Trinajstić information content (AvgIpc) is 3.17. The van der Waals surface area contributed by atoms with Crippen LogP contribution in [0.15, 0.2) is 77.0 Å². The van der Waals surface area contributed by atoms with Gasteiger partial charge in [-0.1, -0.05) is 36.4 Å². The summed E-state index contributed by atoms with van der Waals surface area (Å²) < 4.78 is 1.59. The van der Waals surface area contributed by atoms with Gasteiger partial charge in [-0.05, 0) is 41.1 Å². The summed E-state index contributed by atoms with van der Waals surface area (Å²) in [5.41, 5.74) is 4.17. The summed E-state index contributed by atoms with van der Waals surface area (Å²) in [7, 11) is 0. The maximum Gasteiger partial charge on any atom is 0.258 e. The van der Waals surface area contributed by atoms with Crippen LogP contribution in [-0.4, -0.2) is 20.8 Å². The van der Waals surface area contributed by atoms with Gasteiger partial charge in [0.15, 0.2) is 0 Å². The highest BCUT2D eigenvalue weighted by Crippen LogP contribution is 2.38. The molecule has 0 radical (unpaired) electrons. The zero-order valence-corrected chi connectivity index (χ0v) is 15.6. The lowest BCUT2D eigenvalue weighted by atomic mass is 9.93. The number of thiophene rings is 1. The van der Waals surface area contributed by atoms with Crippen LogP contribution in [0.2, 0.25) is 0 Å². The molecule has 134 valence electrons. The summed E-state index contributed by atoms with van der Waals surface area (Å²) in [6.45, 7) is 1.62. The van der Waals surface area contributed by atoms with Crippen LogP contribution < -0.4 is 5.56 Å². The fraction of sp³-hybridized carbons (Fsp3) is 0.182. The molecule has 0 aliphatic carbocycles. The SMILES string of the molecule is O=c1cc(CN2CCc3sccc3[C@H]2c2ccccc2)nc2ccccn12. The summed E-state index contributed by atoms with van der Waals surface area (Å²) >= 11 is 1.84. The molecule has 27 heavy (non-hydrogen) atoms. The van der Waals surface area contributed by atoms with Gasteiger partial charge < -0.3 is 0 Å². The van der Waals surface area contributed by atoms with Gasteiger partial charge >= 0.3 is 0 Å². The molecule has 0 fully saturated rings. The van der Waals surface area contributed by atoms with Crippen molar-refractivity contribution in [1.82, 2.24) is 14.3 Å². The van der Waals surface area contributed by atoms with Crippen LogP contribution >= 0.6 is 11.3 Å². The van der Waals surface area contributed by atoms with E-state index in [-0.39, 0.29) is 11.6 Å². The van der Waals surface area contributed by atoms with Crippen molar-refractivity contribution < 1.29 is 0 Å². The van der Waals surface area contributed by atoms with Crippen molar-refractivity contribution in [2.75, 3.05) is 6.54 Å². The van der Waals surface area contributed by atoms with Gasteiger partial charge in [-0.3, -0.25) is 14.1 Å². The van der Waals surface area contributed by atoms with E-state index in [0.717, 1.165) is 18.7 Å². The van der Waals surface area contributed by atoms with E-state index in [4.69, 9.17) is 4.98 Å². The number of fused-ring (bicyclic) bond motifs is 2. The minimum Gasteiger partial charge on any atom is -0.286 e. The van der Waals surface area contributed by atoms with Crippen LogP contribution in [0.3, 0.4) is 0 Å². The highest BCUT2D eigenvalue weighted by molar-refractivity contribution is 7.10. The number of aromatic nitrogens is 2. The molecule has 1 aromatic carbocycles. The lowest BCUT2D eigenvalue weighted by molar-refractivity contribution is 0.204. The van der Waals surface area contributed by atoms with E-state index >= 15 is 0 Å². The highest BCUT2D eigenvalue weighted by atomic mass is 32.1. The summed E-state index contributed by atoms with van der Waals surface area (Å²) in [5, 5.41) is 2.19.